The average molecular weight is 667 g/mol. The van der Waals surface area contributed by atoms with Crippen molar-refractivity contribution in [2.24, 2.45) is 0 Å². The topological polar surface area (TPSA) is 192 Å². The SMILES string of the molecule is Nc1ncnc2c1c(C#CCOCCNC(=O)CCCC(=O)NCCOCCOCCCCCCCl)cn2[C@H]1CC(O)[C@@H](CO)O1. The Labute approximate surface area is 274 Å². The number of ether oxygens (including phenoxy) is 4. The van der Waals surface area contributed by atoms with E-state index in [2.05, 4.69) is 32.4 Å². The number of hydrogen-bond acceptors (Lipinski definition) is 11. The molecule has 46 heavy (non-hydrogen) atoms. The highest BCUT2D eigenvalue weighted by Gasteiger charge is 2.35. The van der Waals surface area contributed by atoms with Crippen molar-refractivity contribution >= 4 is 40.3 Å². The van der Waals surface area contributed by atoms with Gasteiger partial charge >= 0.3 is 0 Å². The summed E-state index contributed by atoms with van der Waals surface area (Å²) in [6, 6.07) is 0. The van der Waals surface area contributed by atoms with Gasteiger partial charge in [-0.05, 0) is 19.3 Å². The number of unbranched alkanes of at least 4 members (excludes halogenated alkanes) is 3. The molecular weight excluding hydrogens is 620 g/mol. The van der Waals surface area contributed by atoms with Gasteiger partial charge in [0.25, 0.3) is 0 Å². The van der Waals surface area contributed by atoms with E-state index < -0.39 is 18.4 Å². The molecule has 6 N–H and O–H groups in total. The Bertz CT molecular complexity index is 1270. The largest absolute Gasteiger partial charge is 0.394 e. The Morgan fingerprint density at radius 1 is 1.00 bits per heavy atom. The molecule has 3 rings (SSSR count). The molecule has 0 spiro atoms. The molecule has 1 saturated heterocycles. The number of nitrogens with one attached hydrogen (secondary N) is 2. The maximum absolute atomic E-state index is 12.1. The second-order valence-electron chi connectivity index (χ2n) is 10.8. The predicted molar refractivity (Wildman–Crippen MR) is 172 cm³/mol. The van der Waals surface area contributed by atoms with Gasteiger partial charge in [0, 0.05) is 51.0 Å². The quantitative estimate of drug-likeness (QED) is 0.0690. The monoisotopic (exact) mass is 666 g/mol. The van der Waals surface area contributed by atoms with E-state index in [1.807, 2.05) is 0 Å². The predicted octanol–water partition coefficient (Wildman–Crippen LogP) is 1.26. The molecule has 2 amide bonds. The van der Waals surface area contributed by atoms with E-state index in [1.165, 1.54) is 6.33 Å². The Hall–Kier alpha value is -3.03. The van der Waals surface area contributed by atoms with Crippen molar-refractivity contribution in [3.05, 3.63) is 18.1 Å². The lowest BCUT2D eigenvalue weighted by Gasteiger charge is -2.14. The van der Waals surface area contributed by atoms with Crippen molar-refractivity contribution in [1.82, 2.24) is 25.2 Å². The molecule has 1 aliphatic heterocycles. The van der Waals surface area contributed by atoms with Crippen LogP contribution in [0.4, 0.5) is 5.82 Å². The molecule has 14 nitrogen and oxygen atoms in total. The molecule has 15 heteroatoms. The van der Waals surface area contributed by atoms with E-state index in [-0.39, 0.29) is 56.7 Å². The zero-order chi connectivity index (χ0) is 33.0. The van der Waals surface area contributed by atoms with Crippen molar-refractivity contribution in [2.75, 3.05) is 71.0 Å². The highest BCUT2D eigenvalue weighted by Crippen LogP contribution is 2.33. The van der Waals surface area contributed by atoms with Gasteiger partial charge in [-0.3, -0.25) is 9.59 Å². The molecule has 0 bridgehead atoms. The van der Waals surface area contributed by atoms with Crippen LogP contribution in [0.25, 0.3) is 11.0 Å². The summed E-state index contributed by atoms with van der Waals surface area (Å²) in [6.45, 7) is 2.97. The van der Waals surface area contributed by atoms with Crippen LogP contribution in [-0.4, -0.2) is 114 Å². The Balaban J connectivity index is 1.22. The van der Waals surface area contributed by atoms with Crippen LogP contribution in [0.2, 0.25) is 0 Å². The number of aliphatic hydroxyl groups excluding tert-OH is 2. The van der Waals surface area contributed by atoms with Gasteiger partial charge in [0.2, 0.25) is 11.8 Å². The summed E-state index contributed by atoms with van der Waals surface area (Å²) in [6.07, 6.45) is 6.61. The zero-order valence-electron chi connectivity index (χ0n) is 26.3. The van der Waals surface area contributed by atoms with Crippen LogP contribution in [0, 0.1) is 11.8 Å². The molecule has 0 aliphatic carbocycles. The fourth-order valence-electron chi connectivity index (χ4n) is 4.81. The van der Waals surface area contributed by atoms with Crippen molar-refractivity contribution < 1.29 is 38.7 Å². The summed E-state index contributed by atoms with van der Waals surface area (Å²) in [5, 5.41) is 25.7. The number of halogens is 1. The number of aromatic nitrogens is 3. The molecule has 0 aromatic carbocycles. The van der Waals surface area contributed by atoms with Crippen LogP contribution < -0.4 is 16.4 Å². The van der Waals surface area contributed by atoms with E-state index in [0.29, 0.717) is 61.8 Å². The van der Waals surface area contributed by atoms with Gasteiger partial charge in [-0.2, -0.15) is 0 Å². The van der Waals surface area contributed by atoms with Crippen LogP contribution in [-0.2, 0) is 28.5 Å². The third kappa shape index (κ3) is 13.0. The number of nitrogens with two attached hydrogens (primary N) is 1. The number of alkyl halides is 1. The molecular formula is C31H47ClN6O8. The van der Waals surface area contributed by atoms with Gasteiger partial charge < -0.3 is 50.1 Å². The third-order valence-electron chi connectivity index (χ3n) is 7.22. The lowest BCUT2D eigenvalue weighted by molar-refractivity contribution is -0.122. The van der Waals surface area contributed by atoms with Crippen LogP contribution in [0.5, 0.6) is 0 Å². The number of carbonyl (C=O) groups is 2. The van der Waals surface area contributed by atoms with Crippen LogP contribution in [0.3, 0.4) is 0 Å². The first kappa shape index (κ1) is 37.4. The smallest absolute Gasteiger partial charge is 0.220 e. The highest BCUT2D eigenvalue weighted by atomic mass is 35.5. The zero-order valence-corrected chi connectivity index (χ0v) is 27.0. The first-order valence-corrected chi connectivity index (χ1v) is 16.3. The van der Waals surface area contributed by atoms with E-state index in [9.17, 15) is 19.8 Å². The molecule has 1 aliphatic rings. The van der Waals surface area contributed by atoms with Crippen molar-refractivity contribution in [2.45, 2.75) is 69.8 Å². The number of nitrogen functional groups attached to an aromatic ring is 1. The molecule has 1 fully saturated rings. The van der Waals surface area contributed by atoms with Gasteiger partial charge in [-0.25, -0.2) is 9.97 Å². The summed E-state index contributed by atoms with van der Waals surface area (Å²) in [5.74, 6) is 6.65. The first-order valence-electron chi connectivity index (χ1n) is 15.8. The second-order valence-corrected chi connectivity index (χ2v) is 11.1. The van der Waals surface area contributed by atoms with E-state index >= 15 is 0 Å². The minimum Gasteiger partial charge on any atom is -0.394 e. The number of aliphatic hydroxyl groups is 2. The number of nitrogens with zero attached hydrogens (tertiary/aromatic N) is 3. The summed E-state index contributed by atoms with van der Waals surface area (Å²) in [4.78, 5) is 32.4. The van der Waals surface area contributed by atoms with E-state index in [1.54, 1.807) is 10.8 Å². The minimum atomic E-state index is -0.798. The molecule has 2 aromatic rings. The number of carbonyl (C=O) groups excluding carboxylic acids is 2. The first-order chi connectivity index (χ1) is 22.4. The molecule has 2 aromatic heterocycles. The Morgan fingerprint density at radius 3 is 2.39 bits per heavy atom. The Morgan fingerprint density at radius 2 is 1.70 bits per heavy atom. The van der Waals surface area contributed by atoms with Crippen molar-refractivity contribution in [1.29, 1.82) is 0 Å². The van der Waals surface area contributed by atoms with E-state index in [0.717, 1.165) is 32.3 Å². The molecule has 256 valence electrons. The summed E-state index contributed by atoms with van der Waals surface area (Å²) in [5.41, 5.74) is 7.19. The fourth-order valence-corrected chi connectivity index (χ4v) is 5.00. The minimum absolute atomic E-state index is 0.119. The molecule has 0 saturated carbocycles. The molecule has 3 heterocycles. The fraction of sp³-hybridized carbons (Fsp3) is 0.677. The van der Waals surface area contributed by atoms with Crippen molar-refractivity contribution in [3.8, 4) is 11.8 Å². The summed E-state index contributed by atoms with van der Waals surface area (Å²) < 4.78 is 24.0. The number of anilines is 1. The van der Waals surface area contributed by atoms with Crippen LogP contribution in [0.1, 0.15) is 63.2 Å². The van der Waals surface area contributed by atoms with Gasteiger partial charge in [0.05, 0.1) is 50.1 Å². The van der Waals surface area contributed by atoms with Crippen molar-refractivity contribution in [3.63, 3.8) is 0 Å². The number of rotatable bonds is 22. The van der Waals surface area contributed by atoms with Gasteiger partial charge in [0.1, 0.15) is 36.7 Å². The second kappa shape index (κ2) is 21.7. The highest BCUT2D eigenvalue weighted by molar-refractivity contribution is 6.17. The maximum Gasteiger partial charge on any atom is 0.220 e. The standard InChI is InChI=1S/C31H47ClN6O8/c32-10-3-1-2-4-13-44-17-18-45-16-12-35-27(42)9-5-8-26(41)34-11-15-43-14-6-7-23-20-38(28-19-24(40)25(21-39)46-28)31-29(23)30(33)36-22-37-31/h20,22,24-25,28,39-40H,1-5,8-19,21H2,(H,34,41)(H,35,42)(H2,33,36,37)/t24?,25-,28-/m1/s1. The Kier molecular flexibility index (Phi) is 17.7. The van der Waals surface area contributed by atoms with Gasteiger partial charge in [-0.1, -0.05) is 24.7 Å². The molecule has 1 unspecified atom stereocenters. The lowest BCUT2D eigenvalue weighted by atomic mass is 10.2. The molecule has 0 radical (unpaired) electrons. The summed E-state index contributed by atoms with van der Waals surface area (Å²) >= 11 is 5.65. The van der Waals surface area contributed by atoms with Crippen LogP contribution >= 0.6 is 11.6 Å². The van der Waals surface area contributed by atoms with Gasteiger partial charge in [0.15, 0.2) is 0 Å². The normalized spacial score (nSPS) is 17.6. The maximum atomic E-state index is 12.1. The summed E-state index contributed by atoms with van der Waals surface area (Å²) in [7, 11) is 0. The van der Waals surface area contributed by atoms with Gasteiger partial charge in [-0.15, -0.1) is 11.6 Å². The lowest BCUT2D eigenvalue weighted by Crippen LogP contribution is -2.29. The average Bonchev–Trinajstić information content (AvgIpc) is 3.61. The third-order valence-corrected chi connectivity index (χ3v) is 7.49. The number of hydrogen-bond donors (Lipinski definition) is 5. The number of amides is 2. The van der Waals surface area contributed by atoms with Crippen LogP contribution in [0.15, 0.2) is 12.5 Å². The van der Waals surface area contributed by atoms with E-state index in [4.69, 9.17) is 36.3 Å². The number of fused-ring (bicyclic) bond motifs is 1. The molecule has 3 atom stereocenters.